The van der Waals surface area contributed by atoms with Crippen LogP contribution in [0.15, 0.2) is 12.1 Å². The lowest BCUT2D eigenvalue weighted by Crippen LogP contribution is -2.39. The molecule has 1 atom stereocenters. The SMILES string of the molecule is COC1CCCN(c2cc3c(cc2N)CC(=O)N3)C1. The minimum Gasteiger partial charge on any atom is -0.397 e. The molecule has 0 aromatic heterocycles. The molecule has 2 aliphatic rings. The van der Waals surface area contributed by atoms with Gasteiger partial charge in [-0.3, -0.25) is 4.79 Å². The predicted octanol–water partition coefficient (Wildman–Crippen LogP) is 1.38. The number of nitrogens with zero attached hydrogens (tertiary/aromatic N) is 1. The lowest BCUT2D eigenvalue weighted by atomic mass is 10.0. The molecular formula is C14H19N3O2. The number of anilines is 3. The molecule has 1 fully saturated rings. The summed E-state index contributed by atoms with van der Waals surface area (Å²) in [5.41, 5.74) is 9.77. The summed E-state index contributed by atoms with van der Waals surface area (Å²) in [5.74, 6) is 0.0416. The molecule has 0 radical (unpaired) electrons. The summed E-state index contributed by atoms with van der Waals surface area (Å²) in [6.45, 7) is 1.84. The molecule has 3 rings (SSSR count). The highest BCUT2D eigenvalue weighted by Gasteiger charge is 2.24. The second-order valence-corrected chi connectivity index (χ2v) is 5.24. The van der Waals surface area contributed by atoms with Crippen molar-refractivity contribution in [1.82, 2.24) is 0 Å². The van der Waals surface area contributed by atoms with Crippen molar-refractivity contribution >= 4 is 23.0 Å². The highest BCUT2D eigenvalue weighted by molar-refractivity contribution is 6.00. The van der Waals surface area contributed by atoms with Crippen LogP contribution in [-0.4, -0.2) is 32.2 Å². The number of hydrogen-bond acceptors (Lipinski definition) is 4. The lowest BCUT2D eigenvalue weighted by Gasteiger charge is -2.34. The van der Waals surface area contributed by atoms with E-state index in [0.29, 0.717) is 6.42 Å². The van der Waals surface area contributed by atoms with Crippen LogP contribution in [0.2, 0.25) is 0 Å². The molecule has 0 aliphatic carbocycles. The topological polar surface area (TPSA) is 67.6 Å². The summed E-state index contributed by atoms with van der Waals surface area (Å²) in [7, 11) is 1.75. The third kappa shape index (κ3) is 2.26. The van der Waals surface area contributed by atoms with Gasteiger partial charge in [-0.05, 0) is 30.5 Å². The third-order valence-corrected chi connectivity index (χ3v) is 3.93. The van der Waals surface area contributed by atoms with E-state index >= 15 is 0 Å². The van der Waals surface area contributed by atoms with E-state index in [1.807, 2.05) is 12.1 Å². The van der Waals surface area contributed by atoms with Crippen LogP contribution >= 0.6 is 0 Å². The summed E-state index contributed by atoms with van der Waals surface area (Å²) in [5, 5.41) is 2.88. The molecule has 0 bridgehead atoms. The van der Waals surface area contributed by atoms with Crippen molar-refractivity contribution in [3.05, 3.63) is 17.7 Å². The zero-order valence-corrected chi connectivity index (χ0v) is 11.1. The van der Waals surface area contributed by atoms with E-state index in [2.05, 4.69) is 10.2 Å². The minimum absolute atomic E-state index is 0.0416. The van der Waals surface area contributed by atoms with Gasteiger partial charge in [0.2, 0.25) is 5.91 Å². The first-order valence-electron chi connectivity index (χ1n) is 6.67. The van der Waals surface area contributed by atoms with Gasteiger partial charge < -0.3 is 20.7 Å². The normalized spacial score (nSPS) is 22.3. The molecule has 102 valence electrons. The van der Waals surface area contributed by atoms with Gasteiger partial charge in [0, 0.05) is 25.9 Å². The van der Waals surface area contributed by atoms with Gasteiger partial charge in [-0.15, -0.1) is 0 Å². The van der Waals surface area contributed by atoms with E-state index in [9.17, 15) is 4.79 Å². The number of carbonyl (C=O) groups is 1. The first kappa shape index (κ1) is 12.3. The average Bonchev–Trinajstić information content (AvgIpc) is 2.77. The summed E-state index contributed by atoms with van der Waals surface area (Å²) in [6.07, 6.45) is 2.88. The molecule has 2 aliphatic heterocycles. The number of rotatable bonds is 2. The molecule has 1 saturated heterocycles. The van der Waals surface area contributed by atoms with Gasteiger partial charge in [0.25, 0.3) is 0 Å². The van der Waals surface area contributed by atoms with Crippen LogP contribution in [0, 0.1) is 0 Å². The average molecular weight is 261 g/mol. The van der Waals surface area contributed by atoms with Crippen LogP contribution in [0.3, 0.4) is 0 Å². The number of nitrogens with two attached hydrogens (primary N) is 1. The van der Waals surface area contributed by atoms with E-state index in [0.717, 1.165) is 48.6 Å². The maximum atomic E-state index is 11.4. The standard InChI is InChI=1S/C14H19N3O2/c1-19-10-3-2-4-17(8-10)13-7-12-9(5-11(13)15)6-14(18)16-12/h5,7,10H,2-4,6,8,15H2,1H3,(H,16,18). The number of nitrogens with one attached hydrogen (secondary N) is 1. The van der Waals surface area contributed by atoms with Crippen molar-refractivity contribution < 1.29 is 9.53 Å². The van der Waals surface area contributed by atoms with Crippen LogP contribution < -0.4 is 16.0 Å². The van der Waals surface area contributed by atoms with Crippen molar-refractivity contribution in [1.29, 1.82) is 0 Å². The largest absolute Gasteiger partial charge is 0.397 e. The van der Waals surface area contributed by atoms with E-state index in [1.165, 1.54) is 0 Å². The van der Waals surface area contributed by atoms with Gasteiger partial charge in [-0.1, -0.05) is 0 Å². The number of nitrogen functional groups attached to an aromatic ring is 1. The van der Waals surface area contributed by atoms with Gasteiger partial charge in [-0.25, -0.2) is 0 Å². The fraction of sp³-hybridized carbons (Fsp3) is 0.500. The second-order valence-electron chi connectivity index (χ2n) is 5.24. The van der Waals surface area contributed by atoms with Gasteiger partial charge in [0.05, 0.1) is 23.9 Å². The summed E-state index contributed by atoms with van der Waals surface area (Å²) in [4.78, 5) is 13.7. The first-order chi connectivity index (χ1) is 9.17. The summed E-state index contributed by atoms with van der Waals surface area (Å²) >= 11 is 0. The molecule has 1 aromatic carbocycles. The highest BCUT2D eigenvalue weighted by atomic mass is 16.5. The Kier molecular flexibility index (Phi) is 3.06. The Bertz CT molecular complexity index is 516. The zero-order valence-electron chi connectivity index (χ0n) is 11.1. The quantitative estimate of drug-likeness (QED) is 0.789. The molecule has 2 heterocycles. The molecular weight excluding hydrogens is 242 g/mol. The van der Waals surface area contributed by atoms with Crippen LogP contribution in [0.5, 0.6) is 0 Å². The number of amides is 1. The number of fused-ring (bicyclic) bond motifs is 1. The first-order valence-corrected chi connectivity index (χ1v) is 6.67. The monoisotopic (exact) mass is 261 g/mol. The van der Waals surface area contributed by atoms with E-state index < -0.39 is 0 Å². The Morgan fingerprint density at radius 3 is 3.11 bits per heavy atom. The van der Waals surface area contributed by atoms with Crippen LogP contribution in [0.25, 0.3) is 0 Å². The Morgan fingerprint density at radius 1 is 1.47 bits per heavy atom. The lowest BCUT2D eigenvalue weighted by molar-refractivity contribution is -0.115. The van der Waals surface area contributed by atoms with E-state index in [4.69, 9.17) is 10.5 Å². The fourth-order valence-electron chi connectivity index (χ4n) is 2.91. The van der Waals surface area contributed by atoms with E-state index in [1.54, 1.807) is 7.11 Å². The molecule has 19 heavy (non-hydrogen) atoms. The molecule has 0 spiro atoms. The van der Waals surface area contributed by atoms with Gasteiger partial charge in [0.15, 0.2) is 0 Å². The van der Waals surface area contributed by atoms with Crippen LogP contribution in [0.1, 0.15) is 18.4 Å². The Morgan fingerprint density at radius 2 is 2.32 bits per heavy atom. The van der Waals surface area contributed by atoms with Crippen molar-refractivity contribution in [2.24, 2.45) is 0 Å². The molecule has 3 N–H and O–H groups in total. The van der Waals surface area contributed by atoms with E-state index in [-0.39, 0.29) is 12.0 Å². The van der Waals surface area contributed by atoms with Crippen LogP contribution in [0.4, 0.5) is 17.1 Å². The smallest absolute Gasteiger partial charge is 0.228 e. The molecule has 0 saturated carbocycles. The maximum Gasteiger partial charge on any atom is 0.228 e. The molecule has 1 unspecified atom stereocenters. The minimum atomic E-state index is 0.0416. The zero-order chi connectivity index (χ0) is 13.4. The van der Waals surface area contributed by atoms with Crippen LogP contribution in [-0.2, 0) is 16.0 Å². The van der Waals surface area contributed by atoms with Gasteiger partial charge in [-0.2, -0.15) is 0 Å². The van der Waals surface area contributed by atoms with Gasteiger partial charge >= 0.3 is 0 Å². The summed E-state index contributed by atoms with van der Waals surface area (Å²) < 4.78 is 5.44. The number of benzene rings is 1. The highest BCUT2D eigenvalue weighted by Crippen LogP contribution is 2.35. The Balaban J connectivity index is 1.89. The third-order valence-electron chi connectivity index (χ3n) is 3.93. The predicted molar refractivity (Wildman–Crippen MR) is 75.4 cm³/mol. The number of hydrogen-bond donors (Lipinski definition) is 2. The number of ether oxygens (including phenoxy) is 1. The summed E-state index contributed by atoms with van der Waals surface area (Å²) in [6, 6.07) is 3.91. The second kappa shape index (κ2) is 4.74. The number of carbonyl (C=O) groups excluding carboxylic acids is 1. The molecule has 1 aromatic rings. The number of piperidine rings is 1. The Labute approximate surface area is 112 Å². The molecule has 5 heteroatoms. The van der Waals surface area contributed by atoms with Crippen molar-refractivity contribution in [3.8, 4) is 0 Å². The van der Waals surface area contributed by atoms with Crippen molar-refractivity contribution in [3.63, 3.8) is 0 Å². The van der Waals surface area contributed by atoms with Gasteiger partial charge in [0.1, 0.15) is 0 Å². The number of methoxy groups -OCH3 is 1. The fourth-order valence-corrected chi connectivity index (χ4v) is 2.91. The van der Waals surface area contributed by atoms with Crippen molar-refractivity contribution in [2.45, 2.75) is 25.4 Å². The Hall–Kier alpha value is -1.75. The van der Waals surface area contributed by atoms with Crippen molar-refractivity contribution in [2.75, 3.05) is 36.1 Å². The maximum absolute atomic E-state index is 11.4. The molecule has 5 nitrogen and oxygen atoms in total. The molecule has 1 amide bonds.